The van der Waals surface area contributed by atoms with Gasteiger partial charge in [0, 0.05) is 67.2 Å². The molecule has 1 aromatic carbocycles. The number of halogens is 1. The molecule has 3 aromatic heterocycles. The third-order valence-electron chi connectivity index (χ3n) is 5.17. The highest BCUT2D eigenvalue weighted by Gasteiger charge is 2.15. The first-order valence-corrected chi connectivity index (χ1v) is 10.0. The molecule has 1 atom stereocenters. The van der Waals surface area contributed by atoms with Gasteiger partial charge in [-0.05, 0) is 11.6 Å². The maximum Gasteiger partial charge on any atom is 0.159 e. The van der Waals surface area contributed by atoms with E-state index in [9.17, 15) is 0 Å². The Kier molecular flexibility index (Phi) is 6.41. The van der Waals surface area contributed by atoms with Crippen LogP contribution in [0.3, 0.4) is 0 Å². The van der Waals surface area contributed by atoms with Crippen LogP contribution in [-0.4, -0.2) is 55.3 Å². The fraction of sp³-hybridized carbons (Fsp3) is 0.273. The van der Waals surface area contributed by atoms with Gasteiger partial charge in [0.05, 0.1) is 31.6 Å². The van der Waals surface area contributed by atoms with E-state index in [1.807, 2.05) is 61.0 Å². The molecule has 0 amide bonds. The molecule has 0 radical (unpaired) electrons. The average molecular weight is 438 g/mol. The van der Waals surface area contributed by atoms with Crippen LogP contribution in [0.2, 0.25) is 0 Å². The van der Waals surface area contributed by atoms with E-state index in [0.717, 1.165) is 54.1 Å². The van der Waals surface area contributed by atoms with Crippen LogP contribution in [0.5, 0.6) is 0 Å². The van der Waals surface area contributed by atoms with Crippen LogP contribution in [0.15, 0.2) is 61.4 Å². The molecule has 4 aromatic rings. The Morgan fingerprint density at radius 2 is 1.74 bits per heavy atom. The zero-order chi connectivity index (χ0) is 20.3. The van der Waals surface area contributed by atoms with Gasteiger partial charge in [-0.1, -0.05) is 18.2 Å². The van der Waals surface area contributed by atoms with Gasteiger partial charge < -0.3 is 10.1 Å². The smallest absolute Gasteiger partial charge is 0.159 e. The lowest BCUT2D eigenvalue weighted by atomic mass is 10.1. The number of ether oxygens (including phenoxy) is 1. The summed E-state index contributed by atoms with van der Waals surface area (Å²) >= 11 is 0. The minimum absolute atomic E-state index is 0. The number of hydrogen-bond donors (Lipinski definition) is 1. The second kappa shape index (κ2) is 9.38. The summed E-state index contributed by atoms with van der Waals surface area (Å²) in [5.41, 5.74) is 5.07. The topological polar surface area (TPSA) is 82.7 Å². The maximum absolute atomic E-state index is 5.75. The van der Waals surface area contributed by atoms with Crippen LogP contribution in [-0.2, 0) is 18.3 Å². The number of aromatic nitrogens is 6. The molecule has 1 aliphatic rings. The van der Waals surface area contributed by atoms with Crippen molar-refractivity contribution < 1.29 is 4.74 Å². The second-order valence-corrected chi connectivity index (χ2v) is 7.43. The van der Waals surface area contributed by atoms with Crippen molar-refractivity contribution in [3.63, 3.8) is 0 Å². The first kappa shape index (κ1) is 21.2. The van der Waals surface area contributed by atoms with Crippen molar-refractivity contribution in [3.8, 4) is 33.6 Å². The number of benzene rings is 1. The number of rotatable bonds is 5. The van der Waals surface area contributed by atoms with Gasteiger partial charge in [-0.2, -0.15) is 10.2 Å². The molecule has 1 saturated heterocycles. The van der Waals surface area contributed by atoms with Gasteiger partial charge in [0.25, 0.3) is 0 Å². The molecule has 9 heteroatoms. The summed E-state index contributed by atoms with van der Waals surface area (Å²) in [7, 11) is 1.91. The summed E-state index contributed by atoms with van der Waals surface area (Å²) in [6.07, 6.45) is 11.6. The Labute approximate surface area is 186 Å². The SMILES string of the molecule is Cl.Cn1cc(-c2cccc(-c3ncc(-c4cnn(CC5CNCCO5)c4)cn3)c2)cn1. The Morgan fingerprint density at radius 3 is 2.48 bits per heavy atom. The summed E-state index contributed by atoms with van der Waals surface area (Å²) < 4.78 is 9.46. The summed E-state index contributed by atoms with van der Waals surface area (Å²) in [6.45, 7) is 3.24. The van der Waals surface area contributed by atoms with Crippen molar-refractivity contribution in [2.45, 2.75) is 12.6 Å². The Bertz CT molecular complexity index is 1130. The first-order valence-electron chi connectivity index (χ1n) is 10.0. The number of aryl methyl sites for hydroxylation is 1. The molecule has 1 fully saturated rings. The van der Waals surface area contributed by atoms with E-state index in [1.165, 1.54) is 0 Å². The number of nitrogens with zero attached hydrogens (tertiary/aromatic N) is 6. The zero-order valence-corrected chi connectivity index (χ0v) is 18.0. The van der Waals surface area contributed by atoms with Gasteiger partial charge in [-0.3, -0.25) is 9.36 Å². The molecule has 0 saturated carbocycles. The molecule has 31 heavy (non-hydrogen) atoms. The first-order chi connectivity index (χ1) is 14.7. The zero-order valence-electron chi connectivity index (χ0n) is 17.2. The van der Waals surface area contributed by atoms with Gasteiger partial charge in [0.15, 0.2) is 5.82 Å². The summed E-state index contributed by atoms with van der Waals surface area (Å²) in [6, 6.07) is 8.18. The van der Waals surface area contributed by atoms with Crippen molar-refractivity contribution in [1.82, 2.24) is 34.8 Å². The summed E-state index contributed by atoms with van der Waals surface area (Å²) in [4.78, 5) is 9.17. The van der Waals surface area contributed by atoms with Crippen LogP contribution in [0, 0.1) is 0 Å². The third kappa shape index (κ3) is 4.82. The molecular weight excluding hydrogens is 414 g/mol. The van der Waals surface area contributed by atoms with Crippen LogP contribution < -0.4 is 5.32 Å². The molecule has 1 aliphatic heterocycles. The van der Waals surface area contributed by atoms with E-state index >= 15 is 0 Å². The predicted molar refractivity (Wildman–Crippen MR) is 121 cm³/mol. The second-order valence-electron chi connectivity index (χ2n) is 7.43. The molecule has 1 unspecified atom stereocenters. The number of hydrogen-bond acceptors (Lipinski definition) is 6. The lowest BCUT2D eigenvalue weighted by Gasteiger charge is -2.23. The van der Waals surface area contributed by atoms with E-state index in [1.54, 1.807) is 4.68 Å². The minimum atomic E-state index is 0. The standard InChI is InChI=1S/C22H23N7O.ClH/c1-28-13-19(10-26-28)16-3-2-4-17(7-16)22-24-8-18(9-25-22)20-11-27-29(14-20)15-21-12-23-5-6-30-21;/h2-4,7-11,13-14,21,23H,5-6,12,15H2,1H3;1H. The van der Waals surface area contributed by atoms with Crippen molar-refractivity contribution in [1.29, 1.82) is 0 Å². The van der Waals surface area contributed by atoms with Crippen LogP contribution in [0.1, 0.15) is 0 Å². The van der Waals surface area contributed by atoms with Crippen LogP contribution in [0.25, 0.3) is 33.6 Å². The molecule has 8 nitrogen and oxygen atoms in total. The van der Waals surface area contributed by atoms with E-state index in [0.29, 0.717) is 5.82 Å². The fourth-order valence-corrected chi connectivity index (χ4v) is 3.59. The van der Waals surface area contributed by atoms with Crippen molar-refractivity contribution in [2.75, 3.05) is 19.7 Å². The number of nitrogens with one attached hydrogen (secondary N) is 1. The lowest BCUT2D eigenvalue weighted by molar-refractivity contribution is 0.0161. The van der Waals surface area contributed by atoms with Gasteiger partial charge in [-0.25, -0.2) is 9.97 Å². The minimum Gasteiger partial charge on any atom is -0.374 e. The summed E-state index contributed by atoms with van der Waals surface area (Å²) in [5.74, 6) is 0.693. The highest BCUT2D eigenvalue weighted by atomic mass is 35.5. The van der Waals surface area contributed by atoms with Gasteiger partial charge in [0.2, 0.25) is 0 Å². The quantitative estimate of drug-likeness (QED) is 0.517. The third-order valence-corrected chi connectivity index (χ3v) is 5.17. The molecule has 1 N–H and O–H groups in total. The normalized spacial score (nSPS) is 16.1. The highest BCUT2D eigenvalue weighted by Crippen LogP contribution is 2.25. The van der Waals surface area contributed by atoms with Crippen molar-refractivity contribution in [2.24, 2.45) is 7.05 Å². The molecular formula is C22H24ClN7O. The highest BCUT2D eigenvalue weighted by molar-refractivity contribution is 5.85. The van der Waals surface area contributed by atoms with E-state index < -0.39 is 0 Å². The van der Waals surface area contributed by atoms with Gasteiger partial charge >= 0.3 is 0 Å². The van der Waals surface area contributed by atoms with E-state index in [2.05, 4.69) is 37.6 Å². The lowest BCUT2D eigenvalue weighted by Crippen LogP contribution is -2.40. The molecule has 0 spiro atoms. The maximum atomic E-state index is 5.75. The van der Waals surface area contributed by atoms with Gasteiger partial charge in [0.1, 0.15) is 0 Å². The molecule has 5 rings (SSSR count). The Balaban J connectivity index is 0.00000231. The number of morpholine rings is 1. The van der Waals surface area contributed by atoms with E-state index in [-0.39, 0.29) is 18.5 Å². The summed E-state index contributed by atoms with van der Waals surface area (Å²) in [5, 5.41) is 12.0. The fourth-order valence-electron chi connectivity index (χ4n) is 3.59. The Hall–Kier alpha value is -3.07. The van der Waals surface area contributed by atoms with Crippen LogP contribution in [0.4, 0.5) is 0 Å². The van der Waals surface area contributed by atoms with Gasteiger partial charge in [-0.15, -0.1) is 12.4 Å². The predicted octanol–water partition coefficient (Wildman–Crippen LogP) is 2.82. The van der Waals surface area contributed by atoms with Crippen LogP contribution >= 0.6 is 12.4 Å². The van der Waals surface area contributed by atoms with E-state index in [4.69, 9.17) is 4.74 Å². The molecule has 0 aliphatic carbocycles. The van der Waals surface area contributed by atoms with Crippen molar-refractivity contribution >= 4 is 12.4 Å². The largest absolute Gasteiger partial charge is 0.374 e. The molecule has 4 heterocycles. The molecule has 160 valence electrons. The monoisotopic (exact) mass is 437 g/mol. The average Bonchev–Trinajstić information content (AvgIpc) is 3.44. The van der Waals surface area contributed by atoms with Crippen molar-refractivity contribution in [3.05, 3.63) is 61.4 Å². The molecule has 0 bridgehead atoms. The Morgan fingerprint density at radius 1 is 0.968 bits per heavy atom.